The Balaban J connectivity index is 0.00000127. The summed E-state index contributed by atoms with van der Waals surface area (Å²) in [5.74, 6) is 0.610. The minimum Gasteiger partial charge on any atom is -0.492 e. The summed E-state index contributed by atoms with van der Waals surface area (Å²) in [6.07, 6.45) is 2.74. The Kier molecular flexibility index (Phi) is 22.4. The molecule has 0 aromatic heterocycles. The molecule has 0 heterocycles. The summed E-state index contributed by atoms with van der Waals surface area (Å²) in [6.45, 7) is 12.1. The van der Waals surface area contributed by atoms with Gasteiger partial charge in [0, 0.05) is 20.1 Å². The van der Waals surface area contributed by atoms with Gasteiger partial charge in [-0.3, -0.25) is 9.59 Å². The average molecular weight is 587 g/mol. The van der Waals surface area contributed by atoms with Crippen LogP contribution >= 0.6 is 0 Å². The van der Waals surface area contributed by atoms with E-state index in [0.29, 0.717) is 32.4 Å². The molecule has 2 aromatic rings. The lowest BCUT2D eigenvalue weighted by atomic mass is 9.97. The fraction of sp³-hybridized carbons (Fsp3) is 0.545. The fourth-order valence-electron chi connectivity index (χ4n) is 3.86. The third-order valence-electron chi connectivity index (χ3n) is 6.75. The van der Waals surface area contributed by atoms with Crippen molar-refractivity contribution in [1.29, 1.82) is 0 Å². The van der Waals surface area contributed by atoms with Gasteiger partial charge in [-0.05, 0) is 57.8 Å². The summed E-state index contributed by atoms with van der Waals surface area (Å²) in [5.41, 5.74) is 2.39. The van der Waals surface area contributed by atoms with Crippen LogP contribution in [0.4, 0.5) is 0 Å². The smallest absolute Gasteiger partial charge is 0.240 e. The van der Waals surface area contributed by atoms with E-state index in [1.807, 2.05) is 63.4 Å². The first kappa shape index (κ1) is 38.7. The number of amides is 2. The van der Waals surface area contributed by atoms with Gasteiger partial charge in [0.05, 0.1) is 12.1 Å². The number of aliphatic hydroxyl groups excluding tert-OH is 1. The first-order valence-electron chi connectivity index (χ1n) is 14.9. The maximum atomic E-state index is 13.0. The van der Waals surface area contributed by atoms with Gasteiger partial charge in [0.1, 0.15) is 24.7 Å². The van der Waals surface area contributed by atoms with Crippen molar-refractivity contribution in [2.24, 2.45) is 5.92 Å². The topological polar surface area (TPSA) is 120 Å². The molecular formula is C33H54N4O5. The minimum absolute atomic E-state index is 0.0499. The third kappa shape index (κ3) is 16.2. The van der Waals surface area contributed by atoms with Crippen LogP contribution in [-0.2, 0) is 20.8 Å². The van der Waals surface area contributed by atoms with E-state index < -0.39 is 18.2 Å². The first-order valence-corrected chi connectivity index (χ1v) is 14.9. The van der Waals surface area contributed by atoms with Gasteiger partial charge in [0.2, 0.25) is 12.3 Å². The molecule has 0 radical (unpaired) electrons. The Morgan fingerprint density at radius 3 is 2.14 bits per heavy atom. The van der Waals surface area contributed by atoms with Crippen molar-refractivity contribution in [2.75, 3.05) is 40.3 Å². The number of aryl methyl sites for hydroxylation is 2. The zero-order chi connectivity index (χ0) is 31.8. The van der Waals surface area contributed by atoms with Crippen LogP contribution in [0.3, 0.4) is 0 Å². The number of hydrogen-bond acceptors (Lipinski definition) is 7. The Bertz CT molecular complexity index is 972. The average Bonchev–Trinajstić information content (AvgIpc) is 3.00. The summed E-state index contributed by atoms with van der Waals surface area (Å²) >= 11 is 0. The van der Waals surface area contributed by atoms with E-state index in [9.17, 15) is 19.5 Å². The van der Waals surface area contributed by atoms with Crippen LogP contribution in [0.2, 0.25) is 0 Å². The number of rotatable bonds is 17. The van der Waals surface area contributed by atoms with E-state index in [-0.39, 0.29) is 11.8 Å². The molecule has 2 aromatic carbocycles. The van der Waals surface area contributed by atoms with E-state index in [0.717, 1.165) is 37.1 Å². The number of aliphatic hydroxyl groups is 1. The van der Waals surface area contributed by atoms with Crippen LogP contribution < -0.4 is 20.7 Å². The second kappa shape index (κ2) is 24.3. The number of carbonyl (C=O) groups excluding carboxylic acids is 3. The van der Waals surface area contributed by atoms with Gasteiger partial charge in [-0.1, -0.05) is 81.3 Å². The first-order chi connectivity index (χ1) is 20.2. The van der Waals surface area contributed by atoms with Crippen molar-refractivity contribution in [3.8, 4) is 5.75 Å². The molecule has 9 heteroatoms. The number of benzene rings is 2. The number of likely N-dealkylation sites (N-methyl/N-ethyl adjacent to an activating group) is 1. The zero-order valence-corrected chi connectivity index (χ0v) is 26.6. The van der Waals surface area contributed by atoms with E-state index in [2.05, 4.69) is 41.9 Å². The van der Waals surface area contributed by atoms with Crippen molar-refractivity contribution in [1.82, 2.24) is 20.9 Å². The molecule has 4 atom stereocenters. The third-order valence-corrected chi connectivity index (χ3v) is 6.75. The van der Waals surface area contributed by atoms with Crippen LogP contribution in [0.15, 0.2) is 54.6 Å². The lowest BCUT2D eigenvalue weighted by Gasteiger charge is -2.32. The Morgan fingerprint density at radius 2 is 1.64 bits per heavy atom. The van der Waals surface area contributed by atoms with Crippen molar-refractivity contribution in [3.63, 3.8) is 0 Å². The van der Waals surface area contributed by atoms with Gasteiger partial charge < -0.3 is 35.5 Å². The predicted octanol–water partition coefficient (Wildman–Crippen LogP) is 3.38. The number of nitrogens with one attached hydrogen (secondary N) is 3. The second-order valence-corrected chi connectivity index (χ2v) is 10.1. The molecule has 0 saturated heterocycles. The van der Waals surface area contributed by atoms with Gasteiger partial charge in [0.25, 0.3) is 0 Å². The maximum Gasteiger partial charge on any atom is 0.240 e. The quantitative estimate of drug-likeness (QED) is 0.166. The van der Waals surface area contributed by atoms with Gasteiger partial charge in [-0.2, -0.15) is 0 Å². The van der Waals surface area contributed by atoms with E-state index in [1.165, 1.54) is 24.4 Å². The van der Waals surface area contributed by atoms with E-state index >= 15 is 0 Å². The van der Waals surface area contributed by atoms with Gasteiger partial charge in [0.15, 0.2) is 0 Å². The standard InChI is InChI=1S/C23H37N3O5.C7H8.C3H9N/c1-5-17(2)22(23(30)26(4)20(15-27)18(3)29)25-13-14-31-21-11-7-6-9-19(21)10-8-12-24-16-28;1-7-5-3-2-4-6-7;1-3-4-2/h6-7,9,11,15-18,20,22,25,29H,5,8,10,12-14H2,1-4H3,(H,24,28);2-6H,1H3;4H,3H2,1-2H3. The number of ether oxygens (including phenoxy) is 1. The van der Waals surface area contributed by atoms with Gasteiger partial charge >= 0.3 is 0 Å². The number of hydrogen-bond donors (Lipinski definition) is 4. The van der Waals surface area contributed by atoms with Crippen LogP contribution in [0.25, 0.3) is 0 Å². The summed E-state index contributed by atoms with van der Waals surface area (Å²) in [5, 5.41) is 18.6. The van der Waals surface area contributed by atoms with E-state index in [1.54, 1.807) is 0 Å². The van der Waals surface area contributed by atoms with Gasteiger partial charge in [-0.15, -0.1) is 0 Å². The molecule has 0 saturated carbocycles. The van der Waals surface area contributed by atoms with Crippen LogP contribution in [-0.4, -0.2) is 87.1 Å². The Labute approximate surface area is 253 Å². The summed E-state index contributed by atoms with van der Waals surface area (Å²) in [4.78, 5) is 35.9. The lowest BCUT2D eigenvalue weighted by molar-refractivity contribution is -0.140. The van der Waals surface area contributed by atoms with E-state index in [4.69, 9.17) is 4.74 Å². The highest BCUT2D eigenvalue weighted by Crippen LogP contribution is 2.19. The monoisotopic (exact) mass is 586 g/mol. The van der Waals surface area contributed by atoms with Gasteiger partial charge in [-0.25, -0.2) is 0 Å². The molecular weight excluding hydrogens is 532 g/mol. The number of aldehydes is 1. The van der Waals surface area contributed by atoms with Crippen LogP contribution in [0, 0.1) is 12.8 Å². The summed E-state index contributed by atoms with van der Waals surface area (Å²) in [6, 6.07) is 16.7. The largest absolute Gasteiger partial charge is 0.492 e. The molecule has 0 spiro atoms. The molecule has 0 aliphatic rings. The highest BCUT2D eigenvalue weighted by atomic mass is 16.5. The molecule has 2 rings (SSSR count). The number of nitrogens with zero attached hydrogens (tertiary/aromatic N) is 1. The highest BCUT2D eigenvalue weighted by molar-refractivity contribution is 5.84. The Hall–Kier alpha value is -3.27. The Morgan fingerprint density at radius 1 is 1.02 bits per heavy atom. The minimum atomic E-state index is -0.939. The molecule has 0 bridgehead atoms. The molecule has 0 aliphatic carbocycles. The molecule has 0 fully saturated rings. The number of carbonyl (C=O) groups is 3. The lowest BCUT2D eigenvalue weighted by Crippen LogP contribution is -2.54. The molecule has 4 N–H and O–H groups in total. The molecule has 4 unspecified atom stereocenters. The molecule has 2 amide bonds. The van der Waals surface area contributed by atoms with Crippen molar-refractivity contribution in [2.45, 2.75) is 72.1 Å². The second-order valence-electron chi connectivity index (χ2n) is 10.1. The fourth-order valence-corrected chi connectivity index (χ4v) is 3.86. The SMILES string of the molecule is CCC(C)C(NCCOc1ccccc1CCCNC=O)C(=O)N(C)C(C=O)C(C)O.CCNC.Cc1ccccc1. The molecule has 0 aliphatic heterocycles. The maximum absolute atomic E-state index is 13.0. The van der Waals surface area contributed by atoms with Crippen molar-refractivity contribution >= 4 is 18.6 Å². The summed E-state index contributed by atoms with van der Waals surface area (Å²) in [7, 11) is 3.47. The normalized spacial score (nSPS) is 13.0. The number of para-hydroxylation sites is 1. The van der Waals surface area contributed by atoms with Crippen LogP contribution in [0.5, 0.6) is 5.75 Å². The van der Waals surface area contributed by atoms with Crippen molar-refractivity contribution < 1.29 is 24.2 Å². The highest BCUT2D eigenvalue weighted by Gasteiger charge is 2.31. The van der Waals surface area contributed by atoms with Crippen molar-refractivity contribution in [3.05, 3.63) is 65.7 Å². The molecule has 236 valence electrons. The molecule has 42 heavy (non-hydrogen) atoms. The molecule has 9 nitrogen and oxygen atoms in total. The summed E-state index contributed by atoms with van der Waals surface area (Å²) < 4.78 is 5.93. The predicted molar refractivity (Wildman–Crippen MR) is 171 cm³/mol. The zero-order valence-electron chi connectivity index (χ0n) is 26.6. The van der Waals surface area contributed by atoms with Crippen LogP contribution in [0.1, 0.15) is 51.7 Å².